The maximum atomic E-state index is 11.8. The Hall–Kier alpha value is -3.12. The minimum atomic E-state index is -3.23. The number of anilines is 1. The lowest BCUT2D eigenvalue weighted by Crippen LogP contribution is -2.36. The molecule has 6 heteroatoms. The van der Waals surface area contributed by atoms with Gasteiger partial charge >= 0.3 is 0 Å². The Balaban J connectivity index is 1.64. The first-order valence-electron chi connectivity index (χ1n) is 9.64. The van der Waals surface area contributed by atoms with Crippen molar-refractivity contribution in [1.29, 1.82) is 0 Å². The molecular weight excluding hydrogens is 382 g/mol. The quantitative estimate of drug-likeness (QED) is 0.510. The van der Waals surface area contributed by atoms with Crippen LogP contribution in [-0.2, 0) is 9.84 Å². The molecule has 1 fully saturated rings. The molecule has 0 aliphatic carbocycles. The fourth-order valence-corrected chi connectivity index (χ4v) is 4.39. The summed E-state index contributed by atoms with van der Waals surface area (Å²) in [6, 6.07) is 21.5. The number of hydrogen-bond acceptors (Lipinski definition) is 4. The van der Waals surface area contributed by atoms with Crippen LogP contribution in [0.25, 0.3) is 27.9 Å². The second-order valence-electron chi connectivity index (χ2n) is 7.44. The zero-order valence-electron chi connectivity index (χ0n) is 16.1. The number of hydrogen-bond donors (Lipinski definition) is 0. The van der Waals surface area contributed by atoms with E-state index in [4.69, 9.17) is 5.10 Å². The zero-order valence-corrected chi connectivity index (χ0v) is 16.9. The summed E-state index contributed by atoms with van der Waals surface area (Å²) < 4.78 is 25.5. The summed E-state index contributed by atoms with van der Waals surface area (Å²) >= 11 is 0. The van der Waals surface area contributed by atoms with Crippen molar-refractivity contribution >= 4 is 21.0 Å². The smallest absolute Gasteiger partial charge is 0.175 e. The maximum Gasteiger partial charge on any atom is 0.175 e. The zero-order chi connectivity index (χ0) is 20.0. The second kappa shape index (κ2) is 6.74. The lowest BCUT2D eigenvalue weighted by atomic mass is 9.99. The Labute approximate surface area is 170 Å². The highest BCUT2D eigenvalue weighted by molar-refractivity contribution is 7.90. The molecule has 3 heterocycles. The number of pyridine rings is 1. The third-order valence-corrected chi connectivity index (χ3v) is 6.60. The molecule has 0 saturated carbocycles. The number of rotatable bonds is 4. The number of nitrogens with zero attached hydrogens (tertiary/aromatic N) is 3. The highest BCUT2D eigenvalue weighted by Crippen LogP contribution is 2.36. The predicted molar refractivity (Wildman–Crippen MR) is 116 cm³/mol. The van der Waals surface area contributed by atoms with Crippen LogP contribution >= 0.6 is 0 Å². The Bertz CT molecular complexity index is 1290. The first-order chi connectivity index (χ1) is 14.0. The molecule has 0 amide bonds. The highest BCUT2D eigenvalue weighted by Gasteiger charge is 2.18. The molecule has 4 aromatic rings. The van der Waals surface area contributed by atoms with Crippen LogP contribution in [0.15, 0.2) is 77.8 Å². The monoisotopic (exact) mass is 403 g/mol. The SMILES string of the molecule is CS(=O)(=O)c1ccc(-c2c(-c3ccc(N4CCC4)cc3)nn3ccccc23)cc1. The van der Waals surface area contributed by atoms with Gasteiger partial charge in [0.1, 0.15) is 5.69 Å². The minimum absolute atomic E-state index is 0.318. The topological polar surface area (TPSA) is 54.7 Å². The van der Waals surface area contributed by atoms with Crippen molar-refractivity contribution in [2.75, 3.05) is 24.2 Å². The Morgan fingerprint density at radius 1 is 0.862 bits per heavy atom. The van der Waals surface area contributed by atoms with E-state index in [9.17, 15) is 8.42 Å². The molecule has 29 heavy (non-hydrogen) atoms. The summed E-state index contributed by atoms with van der Waals surface area (Å²) in [5.41, 5.74) is 6.10. The van der Waals surface area contributed by atoms with Gasteiger partial charge < -0.3 is 4.90 Å². The number of aromatic nitrogens is 2. The lowest BCUT2D eigenvalue weighted by Gasteiger charge is -2.33. The van der Waals surface area contributed by atoms with Gasteiger partial charge in [0.25, 0.3) is 0 Å². The van der Waals surface area contributed by atoms with Gasteiger partial charge in [0.05, 0.1) is 10.4 Å². The molecule has 0 atom stereocenters. The van der Waals surface area contributed by atoms with Crippen molar-refractivity contribution < 1.29 is 8.42 Å². The van der Waals surface area contributed by atoms with Crippen molar-refractivity contribution in [2.45, 2.75) is 11.3 Å². The third-order valence-electron chi connectivity index (χ3n) is 5.47. The van der Waals surface area contributed by atoms with Crippen LogP contribution in [0, 0.1) is 0 Å². The van der Waals surface area contributed by atoms with Crippen LogP contribution in [0.2, 0.25) is 0 Å². The molecule has 146 valence electrons. The standard InChI is InChI=1S/C23H21N3O2S/c1-29(27,28)20-12-8-17(9-13-20)22-21-5-2-3-16-26(21)24-23(22)18-6-10-19(11-7-18)25-14-4-15-25/h2-3,5-13,16H,4,14-15H2,1H3. The van der Waals surface area contributed by atoms with E-state index in [-0.39, 0.29) is 0 Å². The molecule has 0 unspecified atom stereocenters. The van der Waals surface area contributed by atoms with Gasteiger partial charge in [-0.05, 0) is 48.4 Å². The molecule has 5 nitrogen and oxygen atoms in total. The van der Waals surface area contributed by atoms with Crippen LogP contribution in [0.3, 0.4) is 0 Å². The van der Waals surface area contributed by atoms with Crippen molar-refractivity contribution in [2.24, 2.45) is 0 Å². The summed E-state index contributed by atoms with van der Waals surface area (Å²) in [7, 11) is -3.23. The largest absolute Gasteiger partial charge is 0.371 e. The van der Waals surface area contributed by atoms with Crippen molar-refractivity contribution in [3.8, 4) is 22.4 Å². The fourth-order valence-electron chi connectivity index (χ4n) is 3.76. The van der Waals surface area contributed by atoms with Gasteiger partial charge in [0.2, 0.25) is 0 Å². The van der Waals surface area contributed by atoms with Gasteiger partial charge in [-0.25, -0.2) is 12.9 Å². The second-order valence-corrected chi connectivity index (χ2v) is 9.45. The van der Waals surface area contributed by atoms with Gasteiger partial charge in [-0.3, -0.25) is 0 Å². The first-order valence-corrected chi connectivity index (χ1v) is 11.5. The van der Waals surface area contributed by atoms with E-state index in [2.05, 4.69) is 29.2 Å². The molecule has 1 saturated heterocycles. The highest BCUT2D eigenvalue weighted by atomic mass is 32.2. The molecule has 0 bridgehead atoms. The maximum absolute atomic E-state index is 11.8. The van der Waals surface area contributed by atoms with E-state index < -0.39 is 9.84 Å². The van der Waals surface area contributed by atoms with Crippen molar-refractivity contribution in [3.05, 3.63) is 72.9 Å². The van der Waals surface area contributed by atoms with E-state index in [1.165, 1.54) is 18.4 Å². The summed E-state index contributed by atoms with van der Waals surface area (Å²) in [5, 5.41) is 4.82. The molecule has 5 rings (SSSR count). The van der Waals surface area contributed by atoms with Crippen LogP contribution in [0.5, 0.6) is 0 Å². The van der Waals surface area contributed by atoms with Gasteiger partial charge in [-0.15, -0.1) is 0 Å². The van der Waals surface area contributed by atoms with E-state index in [0.717, 1.165) is 41.0 Å². The fraction of sp³-hybridized carbons (Fsp3) is 0.174. The molecule has 2 aromatic heterocycles. The van der Waals surface area contributed by atoms with Gasteiger partial charge in [-0.1, -0.05) is 30.3 Å². The lowest BCUT2D eigenvalue weighted by molar-refractivity contribution is 0.602. The molecule has 1 aliphatic heterocycles. The molecule has 2 aromatic carbocycles. The summed E-state index contributed by atoms with van der Waals surface area (Å²) in [4.78, 5) is 2.68. The van der Waals surface area contributed by atoms with E-state index in [1.54, 1.807) is 12.1 Å². The van der Waals surface area contributed by atoms with E-state index in [0.29, 0.717) is 4.90 Å². The van der Waals surface area contributed by atoms with Crippen LogP contribution in [0.4, 0.5) is 5.69 Å². The molecule has 0 radical (unpaired) electrons. The van der Waals surface area contributed by atoms with Crippen LogP contribution in [-0.4, -0.2) is 37.4 Å². The van der Waals surface area contributed by atoms with Crippen molar-refractivity contribution in [1.82, 2.24) is 9.61 Å². The average Bonchev–Trinajstić information content (AvgIpc) is 3.06. The van der Waals surface area contributed by atoms with Crippen LogP contribution in [0.1, 0.15) is 6.42 Å². The molecule has 0 N–H and O–H groups in total. The molecule has 1 aliphatic rings. The number of benzene rings is 2. The third kappa shape index (κ3) is 3.19. The molecular formula is C23H21N3O2S. The van der Waals surface area contributed by atoms with Gasteiger partial charge in [-0.2, -0.15) is 5.10 Å². The Morgan fingerprint density at radius 3 is 2.17 bits per heavy atom. The molecule has 0 spiro atoms. The first kappa shape index (κ1) is 17.9. The van der Waals surface area contributed by atoms with Gasteiger partial charge in [0.15, 0.2) is 9.84 Å². The minimum Gasteiger partial charge on any atom is -0.371 e. The normalized spacial score (nSPS) is 14.2. The summed E-state index contributed by atoms with van der Waals surface area (Å²) in [5.74, 6) is 0. The van der Waals surface area contributed by atoms with Crippen LogP contribution < -0.4 is 4.90 Å². The number of sulfone groups is 1. The van der Waals surface area contributed by atoms with E-state index >= 15 is 0 Å². The Kier molecular flexibility index (Phi) is 4.17. The average molecular weight is 404 g/mol. The summed E-state index contributed by atoms with van der Waals surface area (Å²) in [6.45, 7) is 2.23. The van der Waals surface area contributed by atoms with Crippen molar-refractivity contribution in [3.63, 3.8) is 0 Å². The van der Waals surface area contributed by atoms with E-state index in [1.807, 2.05) is 41.0 Å². The summed E-state index contributed by atoms with van der Waals surface area (Å²) in [6.07, 6.45) is 4.41. The van der Waals surface area contributed by atoms with Gasteiger partial charge in [0, 0.05) is 42.4 Å². The Morgan fingerprint density at radius 2 is 1.55 bits per heavy atom. The number of fused-ring (bicyclic) bond motifs is 1. The predicted octanol–water partition coefficient (Wildman–Crippen LogP) is 4.28.